The van der Waals surface area contributed by atoms with Crippen LogP contribution in [0.2, 0.25) is 0 Å². The monoisotopic (exact) mass is 275 g/mol. The molecule has 0 amide bonds. The molecule has 5 heteroatoms. The smallest absolute Gasteiger partial charge is 0.260 e. The summed E-state index contributed by atoms with van der Waals surface area (Å²) < 4.78 is 5.47. The van der Waals surface area contributed by atoms with Gasteiger partial charge >= 0.3 is 0 Å². The van der Waals surface area contributed by atoms with Crippen LogP contribution in [0.3, 0.4) is 0 Å². The molecular formula is C15H21N3O2. The Morgan fingerprint density at radius 3 is 2.90 bits per heavy atom. The van der Waals surface area contributed by atoms with Gasteiger partial charge in [-0.3, -0.25) is 9.78 Å². The van der Waals surface area contributed by atoms with E-state index < -0.39 is 0 Å². The number of anilines is 1. The van der Waals surface area contributed by atoms with E-state index in [-0.39, 0.29) is 11.7 Å². The summed E-state index contributed by atoms with van der Waals surface area (Å²) >= 11 is 0. The molecule has 20 heavy (non-hydrogen) atoms. The molecule has 5 nitrogen and oxygen atoms in total. The van der Waals surface area contributed by atoms with Gasteiger partial charge < -0.3 is 10.1 Å². The third-order valence-electron chi connectivity index (χ3n) is 2.93. The summed E-state index contributed by atoms with van der Waals surface area (Å²) in [7, 11) is 0. The van der Waals surface area contributed by atoms with Gasteiger partial charge in [-0.15, -0.1) is 0 Å². The molecule has 2 aromatic rings. The zero-order chi connectivity index (χ0) is 14.4. The second kappa shape index (κ2) is 7.05. The fourth-order valence-electron chi connectivity index (χ4n) is 1.92. The SMILES string of the molecule is CC(C)OCCCCNc1nc2ccccc2c(=O)[nH]1. The fourth-order valence-corrected chi connectivity index (χ4v) is 1.92. The predicted molar refractivity (Wildman–Crippen MR) is 81.2 cm³/mol. The van der Waals surface area contributed by atoms with Gasteiger partial charge in [-0.05, 0) is 38.8 Å². The second-order valence-corrected chi connectivity index (χ2v) is 4.99. The minimum Gasteiger partial charge on any atom is -0.379 e. The van der Waals surface area contributed by atoms with E-state index in [9.17, 15) is 4.79 Å². The van der Waals surface area contributed by atoms with Crippen molar-refractivity contribution in [3.63, 3.8) is 0 Å². The van der Waals surface area contributed by atoms with Crippen LogP contribution < -0.4 is 10.9 Å². The van der Waals surface area contributed by atoms with Crippen molar-refractivity contribution in [2.45, 2.75) is 32.8 Å². The molecule has 0 fully saturated rings. The Bertz CT molecular complexity index is 607. The van der Waals surface area contributed by atoms with Crippen LogP contribution in [0, 0.1) is 0 Å². The maximum atomic E-state index is 11.9. The Kier molecular flexibility index (Phi) is 5.12. The zero-order valence-electron chi connectivity index (χ0n) is 12.0. The Labute approximate surface area is 118 Å². The highest BCUT2D eigenvalue weighted by atomic mass is 16.5. The number of unbranched alkanes of at least 4 members (excludes halogenated alkanes) is 1. The Morgan fingerprint density at radius 2 is 2.10 bits per heavy atom. The minimum absolute atomic E-state index is 0.110. The highest BCUT2D eigenvalue weighted by molar-refractivity contribution is 5.78. The highest BCUT2D eigenvalue weighted by Gasteiger charge is 2.02. The summed E-state index contributed by atoms with van der Waals surface area (Å²) in [6.07, 6.45) is 2.24. The van der Waals surface area contributed by atoms with Crippen molar-refractivity contribution in [2.75, 3.05) is 18.5 Å². The summed E-state index contributed by atoms with van der Waals surface area (Å²) in [5.74, 6) is 0.526. The predicted octanol–water partition coefficient (Wildman–Crippen LogP) is 2.54. The molecule has 0 spiro atoms. The number of nitrogens with one attached hydrogen (secondary N) is 2. The van der Waals surface area contributed by atoms with Crippen LogP contribution in [0.15, 0.2) is 29.1 Å². The Morgan fingerprint density at radius 1 is 1.30 bits per heavy atom. The van der Waals surface area contributed by atoms with Gasteiger partial charge in [-0.2, -0.15) is 0 Å². The van der Waals surface area contributed by atoms with Gasteiger partial charge in [-0.1, -0.05) is 12.1 Å². The van der Waals surface area contributed by atoms with E-state index in [1.54, 1.807) is 6.07 Å². The summed E-state index contributed by atoms with van der Waals surface area (Å²) in [5.41, 5.74) is 0.600. The molecule has 1 heterocycles. The molecule has 108 valence electrons. The number of ether oxygens (including phenoxy) is 1. The van der Waals surface area contributed by atoms with Crippen LogP contribution in [0.5, 0.6) is 0 Å². The van der Waals surface area contributed by atoms with Crippen LogP contribution in [-0.4, -0.2) is 29.2 Å². The lowest BCUT2D eigenvalue weighted by atomic mass is 10.2. The van der Waals surface area contributed by atoms with Crippen molar-refractivity contribution < 1.29 is 4.74 Å². The lowest BCUT2D eigenvalue weighted by Gasteiger charge is -2.08. The Hall–Kier alpha value is -1.88. The molecule has 2 rings (SSSR count). The maximum absolute atomic E-state index is 11.9. The fraction of sp³-hybridized carbons (Fsp3) is 0.467. The largest absolute Gasteiger partial charge is 0.379 e. The highest BCUT2D eigenvalue weighted by Crippen LogP contribution is 2.07. The molecule has 2 N–H and O–H groups in total. The molecule has 0 saturated heterocycles. The molecule has 0 aliphatic heterocycles. The third kappa shape index (κ3) is 4.06. The van der Waals surface area contributed by atoms with Crippen LogP contribution >= 0.6 is 0 Å². The van der Waals surface area contributed by atoms with Crippen molar-refractivity contribution in [3.8, 4) is 0 Å². The van der Waals surface area contributed by atoms with Gasteiger partial charge in [0.1, 0.15) is 0 Å². The van der Waals surface area contributed by atoms with Crippen molar-refractivity contribution >= 4 is 16.9 Å². The summed E-state index contributed by atoms with van der Waals surface area (Å²) in [6.45, 7) is 5.59. The first-order valence-electron chi connectivity index (χ1n) is 7.01. The molecule has 0 aliphatic rings. The number of aromatic amines is 1. The molecule has 0 saturated carbocycles. The third-order valence-corrected chi connectivity index (χ3v) is 2.93. The van der Waals surface area contributed by atoms with Crippen molar-refractivity contribution in [2.24, 2.45) is 0 Å². The van der Waals surface area contributed by atoms with Crippen molar-refractivity contribution in [3.05, 3.63) is 34.6 Å². The second-order valence-electron chi connectivity index (χ2n) is 4.99. The van der Waals surface area contributed by atoms with Gasteiger partial charge in [0.25, 0.3) is 5.56 Å². The number of aromatic nitrogens is 2. The Balaban J connectivity index is 1.86. The summed E-state index contributed by atoms with van der Waals surface area (Å²) in [4.78, 5) is 19.0. The van der Waals surface area contributed by atoms with Crippen LogP contribution in [0.25, 0.3) is 10.9 Å². The summed E-state index contributed by atoms with van der Waals surface area (Å²) in [6, 6.07) is 7.32. The number of H-pyrrole nitrogens is 1. The number of hydrogen-bond donors (Lipinski definition) is 2. The number of rotatable bonds is 7. The number of para-hydroxylation sites is 1. The molecule has 0 unspecified atom stereocenters. The number of hydrogen-bond acceptors (Lipinski definition) is 4. The van der Waals surface area contributed by atoms with Crippen LogP contribution in [0.1, 0.15) is 26.7 Å². The first kappa shape index (κ1) is 14.5. The van der Waals surface area contributed by atoms with Crippen molar-refractivity contribution in [1.82, 2.24) is 9.97 Å². The molecule has 0 radical (unpaired) electrons. The molecule has 1 aromatic heterocycles. The van der Waals surface area contributed by atoms with Crippen molar-refractivity contribution in [1.29, 1.82) is 0 Å². The maximum Gasteiger partial charge on any atom is 0.260 e. The van der Waals surface area contributed by atoms with E-state index in [1.165, 1.54) is 0 Å². The standard InChI is InChI=1S/C15H21N3O2/c1-11(2)20-10-6-5-9-16-15-17-13-8-4-3-7-12(13)14(19)18-15/h3-4,7-8,11H,5-6,9-10H2,1-2H3,(H2,16,17,18,19). The van der Waals surface area contributed by atoms with Crippen LogP contribution in [-0.2, 0) is 4.74 Å². The molecule has 0 atom stereocenters. The van der Waals surface area contributed by atoms with Gasteiger partial charge in [-0.25, -0.2) is 4.98 Å². The van der Waals surface area contributed by atoms with E-state index in [0.29, 0.717) is 16.9 Å². The first-order valence-corrected chi connectivity index (χ1v) is 7.01. The van der Waals surface area contributed by atoms with E-state index in [0.717, 1.165) is 26.0 Å². The normalized spacial score (nSPS) is 11.2. The molecule has 0 bridgehead atoms. The van der Waals surface area contributed by atoms with E-state index >= 15 is 0 Å². The minimum atomic E-state index is -0.110. The lowest BCUT2D eigenvalue weighted by molar-refractivity contribution is 0.0765. The summed E-state index contributed by atoms with van der Waals surface area (Å²) in [5, 5.41) is 3.76. The average Bonchev–Trinajstić information content (AvgIpc) is 2.42. The lowest BCUT2D eigenvalue weighted by Crippen LogP contribution is -2.14. The quantitative estimate of drug-likeness (QED) is 0.762. The van der Waals surface area contributed by atoms with Crippen LogP contribution in [0.4, 0.5) is 5.95 Å². The topological polar surface area (TPSA) is 67.0 Å². The van der Waals surface area contributed by atoms with Gasteiger partial charge in [0.2, 0.25) is 5.95 Å². The zero-order valence-corrected chi connectivity index (χ0v) is 12.0. The van der Waals surface area contributed by atoms with E-state index in [4.69, 9.17) is 4.74 Å². The van der Waals surface area contributed by atoms with Gasteiger partial charge in [0, 0.05) is 13.2 Å². The molecule has 1 aromatic carbocycles. The molecule has 0 aliphatic carbocycles. The molecular weight excluding hydrogens is 254 g/mol. The van der Waals surface area contributed by atoms with E-state index in [1.807, 2.05) is 32.0 Å². The average molecular weight is 275 g/mol. The van der Waals surface area contributed by atoms with E-state index in [2.05, 4.69) is 15.3 Å². The number of nitrogens with zero attached hydrogens (tertiary/aromatic N) is 1. The number of benzene rings is 1. The van der Waals surface area contributed by atoms with Gasteiger partial charge in [0.05, 0.1) is 17.0 Å². The first-order chi connectivity index (χ1) is 9.66. The van der Waals surface area contributed by atoms with Gasteiger partial charge in [0.15, 0.2) is 0 Å². The number of fused-ring (bicyclic) bond motifs is 1.